The molecule has 0 aromatic carbocycles. The molecule has 0 aliphatic rings. The molecule has 124 valence electrons. The topological polar surface area (TPSA) is 92.4 Å². The SMILES string of the molecule is Cc1oc(-c2cccs2)nc1CC(=O)NCCC(C)(C)C(=O)O. The standard InChI is InChI=1S/C16H20N2O4S/c1-10-11(18-14(22-10)12-5-4-8-23-12)9-13(19)17-7-6-16(2,3)15(20)21/h4-5,8H,6-7,9H2,1-3H3,(H,17,19)(H,20,21). The van der Waals surface area contributed by atoms with Crippen LogP contribution >= 0.6 is 11.3 Å². The molecular formula is C16H20N2O4S. The van der Waals surface area contributed by atoms with E-state index in [-0.39, 0.29) is 12.3 Å². The Balaban J connectivity index is 1.90. The summed E-state index contributed by atoms with van der Waals surface area (Å²) in [7, 11) is 0. The van der Waals surface area contributed by atoms with Crippen molar-refractivity contribution in [2.45, 2.75) is 33.6 Å². The Morgan fingerprint density at radius 2 is 2.17 bits per heavy atom. The number of thiophene rings is 1. The third-order valence-electron chi connectivity index (χ3n) is 3.60. The molecule has 0 radical (unpaired) electrons. The Hall–Kier alpha value is -2.15. The molecule has 0 unspecified atom stereocenters. The van der Waals surface area contributed by atoms with Gasteiger partial charge in [-0.1, -0.05) is 6.07 Å². The molecule has 6 nitrogen and oxygen atoms in total. The highest BCUT2D eigenvalue weighted by Crippen LogP contribution is 2.26. The largest absolute Gasteiger partial charge is 0.481 e. The van der Waals surface area contributed by atoms with E-state index in [0.29, 0.717) is 30.3 Å². The Bertz CT molecular complexity index is 689. The maximum absolute atomic E-state index is 12.0. The minimum absolute atomic E-state index is 0.119. The number of aromatic nitrogens is 1. The number of hydrogen-bond acceptors (Lipinski definition) is 5. The van der Waals surface area contributed by atoms with Crippen LogP contribution in [-0.2, 0) is 16.0 Å². The van der Waals surface area contributed by atoms with Crippen molar-refractivity contribution in [1.29, 1.82) is 0 Å². The molecule has 0 fully saturated rings. The summed E-state index contributed by atoms with van der Waals surface area (Å²) in [6.45, 7) is 5.36. The fourth-order valence-corrected chi connectivity index (χ4v) is 2.58. The Morgan fingerprint density at radius 3 is 2.78 bits per heavy atom. The number of aryl methyl sites for hydroxylation is 1. The zero-order chi connectivity index (χ0) is 17.0. The predicted octanol–water partition coefficient (Wildman–Crippen LogP) is 2.87. The van der Waals surface area contributed by atoms with E-state index in [1.54, 1.807) is 20.8 Å². The van der Waals surface area contributed by atoms with E-state index in [9.17, 15) is 9.59 Å². The van der Waals surface area contributed by atoms with Crippen molar-refractivity contribution >= 4 is 23.2 Å². The van der Waals surface area contributed by atoms with Crippen LogP contribution in [0, 0.1) is 12.3 Å². The van der Waals surface area contributed by atoms with Gasteiger partial charge in [0, 0.05) is 6.54 Å². The summed E-state index contributed by atoms with van der Waals surface area (Å²) in [6.07, 6.45) is 0.487. The third-order valence-corrected chi connectivity index (χ3v) is 4.46. The summed E-state index contributed by atoms with van der Waals surface area (Å²) in [5.41, 5.74) is -0.257. The summed E-state index contributed by atoms with van der Waals surface area (Å²) >= 11 is 1.52. The third kappa shape index (κ3) is 4.41. The molecular weight excluding hydrogens is 316 g/mol. The highest BCUT2D eigenvalue weighted by molar-refractivity contribution is 7.13. The van der Waals surface area contributed by atoms with Crippen molar-refractivity contribution < 1.29 is 19.1 Å². The fourth-order valence-electron chi connectivity index (χ4n) is 1.93. The number of carbonyl (C=O) groups excluding carboxylic acids is 1. The summed E-state index contributed by atoms with van der Waals surface area (Å²) in [6, 6.07) is 3.82. The number of hydrogen-bond donors (Lipinski definition) is 2. The van der Waals surface area contributed by atoms with Crippen LogP contribution in [0.3, 0.4) is 0 Å². The van der Waals surface area contributed by atoms with Gasteiger partial charge in [-0.3, -0.25) is 9.59 Å². The first-order chi connectivity index (χ1) is 10.8. The molecule has 2 N–H and O–H groups in total. The number of carboxylic acids is 1. The number of aliphatic carboxylic acids is 1. The number of amides is 1. The van der Waals surface area contributed by atoms with Gasteiger partial charge < -0.3 is 14.8 Å². The first-order valence-corrected chi connectivity index (χ1v) is 8.18. The number of nitrogens with zero attached hydrogens (tertiary/aromatic N) is 1. The molecule has 0 saturated heterocycles. The molecule has 7 heteroatoms. The van der Waals surface area contributed by atoms with Crippen LogP contribution in [0.2, 0.25) is 0 Å². The van der Waals surface area contributed by atoms with E-state index >= 15 is 0 Å². The van der Waals surface area contributed by atoms with E-state index in [1.165, 1.54) is 11.3 Å². The zero-order valence-electron chi connectivity index (χ0n) is 13.4. The predicted molar refractivity (Wildman–Crippen MR) is 87.3 cm³/mol. The molecule has 0 aliphatic heterocycles. The quantitative estimate of drug-likeness (QED) is 0.811. The van der Waals surface area contributed by atoms with Crippen LogP contribution in [-0.4, -0.2) is 28.5 Å². The lowest BCUT2D eigenvalue weighted by molar-refractivity contribution is -0.147. The Labute approximate surface area is 138 Å². The van der Waals surface area contributed by atoms with Crippen molar-refractivity contribution in [3.05, 3.63) is 29.0 Å². The molecule has 23 heavy (non-hydrogen) atoms. The first kappa shape index (κ1) is 17.2. The van der Waals surface area contributed by atoms with Crippen LogP contribution in [0.25, 0.3) is 10.8 Å². The van der Waals surface area contributed by atoms with Gasteiger partial charge in [0.15, 0.2) is 0 Å². The molecule has 0 saturated carbocycles. The Kier molecular flexibility index (Phi) is 5.20. The molecule has 0 aliphatic carbocycles. The number of carboxylic acid groups (broad SMARTS) is 1. The van der Waals surface area contributed by atoms with Gasteiger partial charge in [0.2, 0.25) is 11.8 Å². The maximum Gasteiger partial charge on any atom is 0.309 e. The maximum atomic E-state index is 12.0. The van der Waals surface area contributed by atoms with Crippen LogP contribution < -0.4 is 5.32 Å². The highest BCUT2D eigenvalue weighted by atomic mass is 32.1. The van der Waals surface area contributed by atoms with E-state index in [0.717, 1.165) is 4.88 Å². The molecule has 0 atom stereocenters. The minimum atomic E-state index is -0.875. The average molecular weight is 336 g/mol. The Morgan fingerprint density at radius 1 is 1.43 bits per heavy atom. The van der Waals surface area contributed by atoms with Gasteiger partial charge in [-0.2, -0.15) is 0 Å². The van der Waals surface area contributed by atoms with Gasteiger partial charge in [-0.15, -0.1) is 11.3 Å². The van der Waals surface area contributed by atoms with Gasteiger partial charge in [0.25, 0.3) is 0 Å². The van der Waals surface area contributed by atoms with Crippen molar-refractivity contribution in [3.63, 3.8) is 0 Å². The average Bonchev–Trinajstić information content (AvgIpc) is 3.09. The van der Waals surface area contributed by atoms with Gasteiger partial charge in [-0.25, -0.2) is 4.98 Å². The molecule has 2 rings (SSSR count). The highest BCUT2D eigenvalue weighted by Gasteiger charge is 2.26. The first-order valence-electron chi connectivity index (χ1n) is 7.30. The van der Waals surface area contributed by atoms with E-state index in [2.05, 4.69) is 10.3 Å². The van der Waals surface area contributed by atoms with Crippen molar-refractivity contribution in [2.75, 3.05) is 6.54 Å². The molecule has 2 aromatic heterocycles. The molecule has 2 aromatic rings. The van der Waals surface area contributed by atoms with Crippen molar-refractivity contribution in [2.24, 2.45) is 5.41 Å². The van der Waals surface area contributed by atoms with Crippen LogP contribution in [0.1, 0.15) is 31.7 Å². The lowest BCUT2D eigenvalue weighted by atomic mass is 9.90. The van der Waals surface area contributed by atoms with Gasteiger partial charge in [-0.05, 0) is 38.6 Å². The summed E-state index contributed by atoms with van der Waals surface area (Å²) in [4.78, 5) is 28.3. The second-order valence-electron chi connectivity index (χ2n) is 5.96. The van der Waals surface area contributed by atoms with Gasteiger partial charge in [0.05, 0.1) is 22.4 Å². The second-order valence-corrected chi connectivity index (χ2v) is 6.91. The number of nitrogens with one attached hydrogen (secondary N) is 1. The van der Waals surface area contributed by atoms with Crippen molar-refractivity contribution in [3.8, 4) is 10.8 Å². The van der Waals surface area contributed by atoms with Gasteiger partial charge >= 0.3 is 5.97 Å². The number of rotatable bonds is 7. The summed E-state index contributed by atoms with van der Waals surface area (Å²) in [5.74, 6) is 0.0710. The van der Waals surface area contributed by atoms with Gasteiger partial charge in [0.1, 0.15) is 5.76 Å². The second kappa shape index (κ2) is 6.95. The van der Waals surface area contributed by atoms with E-state index < -0.39 is 11.4 Å². The number of carbonyl (C=O) groups is 2. The molecule has 2 heterocycles. The smallest absolute Gasteiger partial charge is 0.309 e. The van der Waals surface area contributed by atoms with E-state index in [4.69, 9.17) is 9.52 Å². The number of oxazole rings is 1. The monoisotopic (exact) mass is 336 g/mol. The summed E-state index contributed by atoms with van der Waals surface area (Å²) < 4.78 is 5.59. The molecule has 1 amide bonds. The summed E-state index contributed by atoms with van der Waals surface area (Å²) in [5, 5.41) is 13.7. The normalized spacial score (nSPS) is 11.4. The lowest BCUT2D eigenvalue weighted by Crippen LogP contribution is -2.32. The van der Waals surface area contributed by atoms with Crippen LogP contribution in [0.5, 0.6) is 0 Å². The fraction of sp³-hybridized carbons (Fsp3) is 0.438. The minimum Gasteiger partial charge on any atom is -0.481 e. The molecule has 0 bridgehead atoms. The van der Waals surface area contributed by atoms with Crippen molar-refractivity contribution in [1.82, 2.24) is 10.3 Å². The molecule has 0 spiro atoms. The lowest BCUT2D eigenvalue weighted by Gasteiger charge is -2.18. The van der Waals surface area contributed by atoms with Crippen LogP contribution in [0.15, 0.2) is 21.9 Å². The van der Waals surface area contributed by atoms with E-state index in [1.807, 2.05) is 17.5 Å². The zero-order valence-corrected chi connectivity index (χ0v) is 14.2. The van der Waals surface area contributed by atoms with Crippen LogP contribution in [0.4, 0.5) is 0 Å².